The monoisotopic (exact) mass is 251 g/mol. The lowest BCUT2D eigenvalue weighted by Gasteiger charge is -2.28. The molecule has 1 aromatic rings. The van der Waals surface area contributed by atoms with Gasteiger partial charge in [0.1, 0.15) is 11.4 Å². The molecular formula is C14H21NO3. The molecule has 0 saturated heterocycles. The van der Waals surface area contributed by atoms with Crippen LogP contribution in [0.5, 0.6) is 5.75 Å². The molecule has 0 saturated carbocycles. The van der Waals surface area contributed by atoms with Crippen LogP contribution in [0.25, 0.3) is 0 Å². The molecular weight excluding hydrogens is 230 g/mol. The third-order valence-electron chi connectivity index (χ3n) is 3.21. The van der Waals surface area contributed by atoms with Gasteiger partial charge in [0, 0.05) is 19.2 Å². The van der Waals surface area contributed by atoms with E-state index < -0.39 is 6.10 Å². The van der Waals surface area contributed by atoms with E-state index in [-0.39, 0.29) is 11.6 Å². The van der Waals surface area contributed by atoms with Gasteiger partial charge < -0.3 is 19.9 Å². The molecule has 0 aliphatic carbocycles. The Labute approximate surface area is 108 Å². The fourth-order valence-corrected chi connectivity index (χ4v) is 2.39. The van der Waals surface area contributed by atoms with Crippen molar-refractivity contribution in [3.05, 3.63) is 29.8 Å². The Bertz CT molecular complexity index is 406. The molecule has 4 nitrogen and oxygen atoms in total. The summed E-state index contributed by atoms with van der Waals surface area (Å²) in [5.41, 5.74) is 0.836. The summed E-state index contributed by atoms with van der Waals surface area (Å²) in [6.07, 6.45) is -0.501. The summed E-state index contributed by atoms with van der Waals surface area (Å²) < 4.78 is 10.8. The van der Waals surface area contributed by atoms with E-state index in [1.165, 1.54) is 0 Å². The number of nitrogens with one attached hydrogen (secondary N) is 1. The van der Waals surface area contributed by atoms with Gasteiger partial charge in [-0.1, -0.05) is 18.2 Å². The number of hydrogen-bond acceptors (Lipinski definition) is 4. The zero-order valence-electron chi connectivity index (χ0n) is 11.1. The summed E-state index contributed by atoms with van der Waals surface area (Å²) in [6.45, 7) is 4.92. The quantitative estimate of drug-likeness (QED) is 0.832. The second kappa shape index (κ2) is 5.26. The van der Waals surface area contributed by atoms with Gasteiger partial charge in [0.15, 0.2) is 0 Å². The maximum Gasteiger partial charge on any atom is 0.125 e. The topological polar surface area (TPSA) is 50.7 Å². The number of fused-ring (bicyclic) bond motifs is 1. The number of hydrogen-bond donors (Lipinski definition) is 2. The molecule has 2 atom stereocenters. The molecule has 1 aliphatic rings. The van der Waals surface area contributed by atoms with Crippen LogP contribution in [0.2, 0.25) is 0 Å². The van der Waals surface area contributed by atoms with E-state index in [2.05, 4.69) is 11.4 Å². The van der Waals surface area contributed by atoms with Crippen LogP contribution in [0, 0.1) is 0 Å². The van der Waals surface area contributed by atoms with Crippen LogP contribution in [0.4, 0.5) is 0 Å². The van der Waals surface area contributed by atoms with Gasteiger partial charge in [-0.25, -0.2) is 0 Å². The highest BCUT2D eigenvalue weighted by molar-refractivity contribution is 5.42. The number of aliphatic hydroxyl groups is 1. The van der Waals surface area contributed by atoms with Crippen molar-refractivity contribution in [2.24, 2.45) is 0 Å². The molecule has 4 heteroatoms. The smallest absolute Gasteiger partial charge is 0.125 e. The van der Waals surface area contributed by atoms with Crippen molar-refractivity contribution < 1.29 is 14.6 Å². The molecule has 1 heterocycles. The molecule has 2 N–H and O–H groups in total. The van der Waals surface area contributed by atoms with Gasteiger partial charge in [-0.2, -0.15) is 0 Å². The first-order valence-corrected chi connectivity index (χ1v) is 6.23. The Morgan fingerprint density at radius 1 is 1.44 bits per heavy atom. The highest BCUT2D eigenvalue weighted by atomic mass is 16.5. The lowest BCUT2D eigenvalue weighted by Crippen LogP contribution is -2.42. The van der Waals surface area contributed by atoms with Crippen LogP contribution in [0.1, 0.15) is 25.5 Å². The molecule has 2 rings (SSSR count). The van der Waals surface area contributed by atoms with Crippen LogP contribution < -0.4 is 10.1 Å². The minimum atomic E-state index is -0.501. The zero-order valence-corrected chi connectivity index (χ0v) is 11.1. The van der Waals surface area contributed by atoms with E-state index in [9.17, 15) is 5.11 Å². The van der Waals surface area contributed by atoms with Gasteiger partial charge in [0.05, 0.1) is 18.8 Å². The second-order valence-corrected chi connectivity index (χ2v) is 5.19. The Balaban J connectivity index is 2.06. The molecule has 18 heavy (non-hydrogen) atoms. The number of rotatable bonds is 5. The Morgan fingerprint density at radius 3 is 2.89 bits per heavy atom. The number of methoxy groups -OCH3 is 1. The molecule has 0 radical (unpaired) electrons. The highest BCUT2D eigenvalue weighted by Gasteiger charge is 2.40. The van der Waals surface area contributed by atoms with Crippen molar-refractivity contribution in [2.45, 2.75) is 31.6 Å². The van der Waals surface area contributed by atoms with E-state index in [4.69, 9.17) is 9.47 Å². The van der Waals surface area contributed by atoms with E-state index in [1.807, 2.05) is 32.0 Å². The fraction of sp³-hybridized carbons (Fsp3) is 0.571. The summed E-state index contributed by atoms with van der Waals surface area (Å²) in [5.74, 6) is 0.918. The Hall–Kier alpha value is -1.10. The standard InChI is InChI=1S/C14H21NO3/c1-14(2)13(15-8-10(16)9-17-3)11-6-4-5-7-12(11)18-14/h4-7,10,13,15-16H,8-9H2,1-3H3. The summed E-state index contributed by atoms with van der Waals surface area (Å²) in [5, 5.41) is 13.1. The number of para-hydroxylation sites is 1. The van der Waals surface area contributed by atoms with E-state index in [1.54, 1.807) is 7.11 Å². The zero-order chi connectivity index (χ0) is 13.2. The fourth-order valence-electron chi connectivity index (χ4n) is 2.39. The number of benzene rings is 1. The van der Waals surface area contributed by atoms with Crippen molar-refractivity contribution in [1.82, 2.24) is 5.32 Å². The van der Waals surface area contributed by atoms with Gasteiger partial charge in [0.2, 0.25) is 0 Å². The first-order chi connectivity index (χ1) is 8.54. The van der Waals surface area contributed by atoms with Crippen molar-refractivity contribution in [3.8, 4) is 5.75 Å². The van der Waals surface area contributed by atoms with Crippen molar-refractivity contribution >= 4 is 0 Å². The number of aliphatic hydroxyl groups excluding tert-OH is 1. The molecule has 0 fully saturated rings. The second-order valence-electron chi connectivity index (χ2n) is 5.19. The molecule has 0 amide bonds. The largest absolute Gasteiger partial charge is 0.486 e. The van der Waals surface area contributed by atoms with Gasteiger partial charge in [-0.05, 0) is 19.9 Å². The van der Waals surface area contributed by atoms with Crippen LogP contribution in [-0.4, -0.2) is 37.1 Å². The first kappa shape index (κ1) is 13.3. The molecule has 100 valence electrons. The minimum absolute atomic E-state index is 0.0835. The van der Waals surface area contributed by atoms with Crippen LogP contribution in [0.15, 0.2) is 24.3 Å². The SMILES string of the molecule is COCC(O)CNC1c2ccccc2OC1(C)C. The summed E-state index contributed by atoms with van der Waals surface area (Å²) >= 11 is 0. The Morgan fingerprint density at radius 2 is 2.17 bits per heavy atom. The molecule has 2 unspecified atom stereocenters. The highest BCUT2D eigenvalue weighted by Crippen LogP contribution is 2.42. The predicted octanol–water partition coefficient (Wildman–Crippen LogP) is 1.50. The molecule has 0 bridgehead atoms. The lowest BCUT2D eigenvalue weighted by molar-refractivity contribution is 0.0500. The first-order valence-electron chi connectivity index (χ1n) is 6.23. The average molecular weight is 251 g/mol. The molecule has 1 aromatic carbocycles. The third kappa shape index (κ3) is 2.66. The third-order valence-corrected chi connectivity index (χ3v) is 3.21. The maximum atomic E-state index is 9.70. The predicted molar refractivity (Wildman–Crippen MR) is 69.8 cm³/mol. The van der Waals surface area contributed by atoms with Crippen molar-refractivity contribution in [1.29, 1.82) is 0 Å². The van der Waals surface area contributed by atoms with Gasteiger partial charge in [-0.15, -0.1) is 0 Å². The lowest BCUT2D eigenvalue weighted by atomic mass is 9.94. The summed E-state index contributed by atoms with van der Waals surface area (Å²) in [7, 11) is 1.58. The van der Waals surface area contributed by atoms with E-state index >= 15 is 0 Å². The van der Waals surface area contributed by atoms with Crippen molar-refractivity contribution in [3.63, 3.8) is 0 Å². The molecule has 0 spiro atoms. The van der Waals surface area contributed by atoms with Crippen molar-refractivity contribution in [2.75, 3.05) is 20.3 Å². The summed E-state index contributed by atoms with van der Waals surface area (Å²) in [4.78, 5) is 0. The molecule has 0 aromatic heterocycles. The number of ether oxygens (including phenoxy) is 2. The summed E-state index contributed by atoms with van der Waals surface area (Å²) in [6, 6.07) is 8.09. The average Bonchev–Trinajstić information content (AvgIpc) is 2.56. The van der Waals surface area contributed by atoms with Crippen LogP contribution in [-0.2, 0) is 4.74 Å². The van der Waals surface area contributed by atoms with Gasteiger partial charge >= 0.3 is 0 Å². The van der Waals surface area contributed by atoms with E-state index in [0.717, 1.165) is 11.3 Å². The Kier molecular flexibility index (Phi) is 3.90. The normalized spacial score (nSPS) is 22.3. The van der Waals surface area contributed by atoms with E-state index in [0.29, 0.717) is 13.2 Å². The maximum absolute atomic E-state index is 9.70. The molecule has 1 aliphatic heterocycles. The van der Waals surface area contributed by atoms with Crippen LogP contribution >= 0.6 is 0 Å². The van der Waals surface area contributed by atoms with Crippen LogP contribution in [0.3, 0.4) is 0 Å². The van der Waals surface area contributed by atoms with Gasteiger partial charge in [-0.3, -0.25) is 0 Å². The van der Waals surface area contributed by atoms with Gasteiger partial charge in [0.25, 0.3) is 0 Å². The minimum Gasteiger partial charge on any atom is -0.486 e.